The third-order valence-electron chi connectivity index (χ3n) is 4.55. The smallest absolute Gasteiger partial charge is 0.282 e. The van der Waals surface area contributed by atoms with Crippen molar-refractivity contribution in [3.8, 4) is 0 Å². The van der Waals surface area contributed by atoms with Gasteiger partial charge in [-0.05, 0) is 48.9 Å². The zero-order valence-electron chi connectivity index (χ0n) is 15.1. The summed E-state index contributed by atoms with van der Waals surface area (Å²) < 4.78 is 0.879. The summed E-state index contributed by atoms with van der Waals surface area (Å²) in [4.78, 5) is 27.7. The summed E-state index contributed by atoms with van der Waals surface area (Å²) in [6.45, 7) is 2.00. The van der Waals surface area contributed by atoms with E-state index in [1.807, 2.05) is 73.7 Å². The summed E-state index contributed by atoms with van der Waals surface area (Å²) in [5.41, 5.74) is 3.76. The maximum atomic E-state index is 13.3. The predicted octanol–water partition coefficient (Wildman–Crippen LogP) is 5.15. The zero-order chi connectivity index (χ0) is 19.7. The molecule has 0 spiro atoms. The van der Waals surface area contributed by atoms with Crippen LogP contribution in [-0.4, -0.2) is 11.8 Å². The van der Waals surface area contributed by atoms with Crippen LogP contribution in [0.3, 0.4) is 0 Å². The van der Waals surface area contributed by atoms with Crippen LogP contribution in [0.2, 0.25) is 0 Å². The van der Waals surface area contributed by atoms with Crippen LogP contribution >= 0.6 is 15.9 Å². The summed E-state index contributed by atoms with van der Waals surface area (Å²) in [6.07, 6.45) is 0. The number of anilines is 2. The maximum absolute atomic E-state index is 13.3. The van der Waals surface area contributed by atoms with Gasteiger partial charge in [0, 0.05) is 10.2 Å². The lowest BCUT2D eigenvalue weighted by molar-refractivity contribution is -0.120. The van der Waals surface area contributed by atoms with Gasteiger partial charge in [-0.25, -0.2) is 4.90 Å². The number of carbonyl (C=O) groups is 2. The van der Waals surface area contributed by atoms with Crippen molar-refractivity contribution in [1.82, 2.24) is 0 Å². The minimum absolute atomic E-state index is 0.281. The van der Waals surface area contributed by atoms with Gasteiger partial charge in [-0.1, -0.05) is 64.0 Å². The summed E-state index contributed by atoms with van der Waals surface area (Å²) in [6, 6.07) is 24.1. The van der Waals surface area contributed by atoms with Crippen LogP contribution in [0.4, 0.5) is 11.4 Å². The highest BCUT2D eigenvalue weighted by Crippen LogP contribution is 2.34. The molecule has 4 nitrogen and oxygen atoms in total. The molecule has 1 heterocycles. The van der Waals surface area contributed by atoms with Crippen molar-refractivity contribution in [2.75, 3.05) is 10.2 Å². The molecule has 0 radical (unpaired) electrons. The second-order valence-corrected chi connectivity index (χ2v) is 7.44. The first-order valence-electron chi connectivity index (χ1n) is 8.82. The van der Waals surface area contributed by atoms with Crippen LogP contribution in [0.25, 0.3) is 5.57 Å². The Hall–Kier alpha value is -3.18. The van der Waals surface area contributed by atoms with E-state index < -0.39 is 0 Å². The van der Waals surface area contributed by atoms with E-state index in [9.17, 15) is 9.59 Å². The molecular weight excluding hydrogens is 416 g/mol. The average Bonchev–Trinajstić information content (AvgIpc) is 2.95. The van der Waals surface area contributed by atoms with Gasteiger partial charge in [-0.15, -0.1) is 0 Å². The van der Waals surface area contributed by atoms with E-state index in [4.69, 9.17) is 0 Å². The lowest BCUT2D eigenvalue weighted by Crippen LogP contribution is -2.32. The SMILES string of the molecule is Cc1ccc(NC2=C(c3ccccc3)C(=O)N(c3ccc(Br)cc3)C2=O)cc1. The molecule has 138 valence electrons. The number of nitrogens with one attached hydrogen (secondary N) is 1. The monoisotopic (exact) mass is 432 g/mol. The molecule has 4 rings (SSSR count). The van der Waals surface area contributed by atoms with Crippen molar-refractivity contribution in [3.63, 3.8) is 0 Å². The lowest BCUT2D eigenvalue weighted by atomic mass is 10.0. The van der Waals surface area contributed by atoms with Gasteiger partial charge in [-0.2, -0.15) is 0 Å². The van der Waals surface area contributed by atoms with Gasteiger partial charge in [0.25, 0.3) is 11.8 Å². The average molecular weight is 433 g/mol. The van der Waals surface area contributed by atoms with E-state index >= 15 is 0 Å². The molecule has 1 N–H and O–H groups in total. The highest BCUT2D eigenvalue weighted by molar-refractivity contribution is 9.10. The minimum atomic E-state index is -0.369. The Morgan fingerprint density at radius 3 is 2.07 bits per heavy atom. The van der Waals surface area contributed by atoms with Crippen molar-refractivity contribution in [2.45, 2.75) is 6.92 Å². The quantitative estimate of drug-likeness (QED) is 0.579. The molecule has 0 bridgehead atoms. The molecule has 0 unspecified atom stereocenters. The fourth-order valence-corrected chi connectivity index (χ4v) is 3.39. The molecule has 28 heavy (non-hydrogen) atoms. The molecular formula is C23H17BrN2O2. The predicted molar refractivity (Wildman–Crippen MR) is 115 cm³/mol. The van der Waals surface area contributed by atoms with Gasteiger partial charge in [-0.3, -0.25) is 9.59 Å². The first kappa shape index (κ1) is 18.2. The minimum Gasteiger partial charge on any atom is -0.350 e. The number of amides is 2. The van der Waals surface area contributed by atoms with Gasteiger partial charge in [0.2, 0.25) is 0 Å². The number of hydrogen-bond donors (Lipinski definition) is 1. The molecule has 3 aromatic rings. The van der Waals surface area contributed by atoms with Crippen LogP contribution in [0, 0.1) is 6.92 Å². The van der Waals surface area contributed by atoms with Crippen molar-refractivity contribution < 1.29 is 9.59 Å². The molecule has 0 aliphatic carbocycles. The van der Waals surface area contributed by atoms with Gasteiger partial charge in [0.1, 0.15) is 5.70 Å². The fourth-order valence-electron chi connectivity index (χ4n) is 3.12. The largest absolute Gasteiger partial charge is 0.350 e. The van der Waals surface area contributed by atoms with Crippen molar-refractivity contribution in [2.24, 2.45) is 0 Å². The van der Waals surface area contributed by atoms with Gasteiger partial charge in [0.15, 0.2) is 0 Å². The Labute approximate surface area is 171 Å². The van der Waals surface area contributed by atoms with Crippen molar-refractivity contribution in [1.29, 1.82) is 0 Å². The second kappa shape index (κ2) is 7.44. The van der Waals surface area contributed by atoms with E-state index in [-0.39, 0.29) is 17.5 Å². The van der Waals surface area contributed by atoms with Crippen molar-refractivity contribution >= 4 is 44.7 Å². The van der Waals surface area contributed by atoms with Crippen LogP contribution < -0.4 is 10.2 Å². The summed E-state index contributed by atoms with van der Waals surface area (Å²) in [5, 5.41) is 3.17. The lowest BCUT2D eigenvalue weighted by Gasteiger charge is -2.15. The number of carbonyl (C=O) groups excluding carboxylic acids is 2. The Kier molecular flexibility index (Phi) is 4.84. The van der Waals surface area contributed by atoms with Crippen molar-refractivity contribution in [3.05, 3.63) is 100 Å². The number of rotatable bonds is 4. The fraction of sp³-hybridized carbons (Fsp3) is 0.0435. The molecule has 5 heteroatoms. The number of benzene rings is 3. The van der Waals surface area contributed by atoms with Gasteiger partial charge in [0.05, 0.1) is 11.3 Å². The molecule has 0 aromatic heterocycles. The molecule has 3 aromatic carbocycles. The topological polar surface area (TPSA) is 49.4 Å². The van der Waals surface area contributed by atoms with E-state index in [0.29, 0.717) is 16.8 Å². The van der Waals surface area contributed by atoms with E-state index in [1.54, 1.807) is 12.1 Å². The molecule has 1 aliphatic heterocycles. The van der Waals surface area contributed by atoms with Crippen LogP contribution in [0.1, 0.15) is 11.1 Å². The molecule has 2 amide bonds. The Morgan fingerprint density at radius 1 is 0.786 bits per heavy atom. The summed E-state index contributed by atoms with van der Waals surface area (Å²) in [5.74, 6) is -0.708. The standard InChI is InChI=1S/C23H17BrN2O2/c1-15-7-11-18(12-8-15)25-21-20(16-5-3-2-4-6-16)22(27)26(23(21)28)19-13-9-17(24)10-14-19/h2-14,25H,1H3. The molecule has 0 atom stereocenters. The number of halogens is 1. The molecule has 0 fully saturated rings. The van der Waals surface area contributed by atoms with Crippen LogP contribution in [0.15, 0.2) is 89.0 Å². The number of aryl methyl sites for hydroxylation is 1. The first-order chi connectivity index (χ1) is 13.5. The Bertz CT molecular complexity index is 1070. The van der Waals surface area contributed by atoms with E-state index in [2.05, 4.69) is 21.2 Å². The Balaban J connectivity index is 1.80. The van der Waals surface area contributed by atoms with E-state index in [1.165, 1.54) is 4.90 Å². The third kappa shape index (κ3) is 3.37. The highest BCUT2D eigenvalue weighted by Gasteiger charge is 2.40. The molecule has 1 aliphatic rings. The Morgan fingerprint density at radius 2 is 1.43 bits per heavy atom. The summed E-state index contributed by atoms with van der Waals surface area (Å²) >= 11 is 3.38. The van der Waals surface area contributed by atoms with Gasteiger partial charge < -0.3 is 5.32 Å². The number of hydrogen-bond acceptors (Lipinski definition) is 3. The van der Waals surface area contributed by atoms with E-state index in [0.717, 1.165) is 15.7 Å². The zero-order valence-corrected chi connectivity index (χ0v) is 16.7. The first-order valence-corrected chi connectivity index (χ1v) is 9.61. The highest BCUT2D eigenvalue weighted by atomic mass is 79.9. The summed E-state index contributed by atoms with van der Waals surface area (Å²) in [7, 11) is 0. The molecule has 0 saturated carbocycles. The number of nitrogens with zero attached hydrogens (tertiary/aromatic N) is 1. The maximum Gasteiger partial charge on any atom is 0.282 e. The van der Waals surface area contributed by atoms with Gasteiger partial charge >= 0.3 is 0 Å². The third-order valence-corrected chi connectivity index (χ3v) is 5.08. The van der Waals surface area contributed by atoms with Crippen LogP contribution in [-0.2, 0) is 9.59 Å². The molecule has 0 saturated heterocycles. The second-order valence-electron chi connectivity index (χ2n) is 6.53. The number of imide groups is 1. The normalized spacial score (nSPS) is 14.0. The van der Waals surface area contributed by atoms with Crippen LogP contribution in [0.5, 0.6) is 0 Å².